The number of benzene rings is 1. The summed E-state index contributed by atoms with van der Waals surface area (Å²) >= 11 is 11.6. The van der Waals surface area contributed by atoms with E-state index < -0.39 is 0 Å². The van der Waals surface area contributed by atoms with E-state index in [2.05, 4.69) is 23.5 Å². The Hall–Kier alpha value is -1.59. The van der Waals surface area contributed by atoms with Crippen LogP contribution in [0.4, 0.5) is 5.69 Å². The zero-order chi connectivity index (χ0) is 15.4. The monoisotopic (exact) mass is 322 g/mol. The van der Waals surface area contributed by atoms with Gasteiger partial charge in [-0.2, -0.15) is 5.10 Å². The predicted molar refractivity (Wildman–Crippen MR) is 91.8 cm³/mol. The maximum atomic E-state index is 6.13. The Bertz CT molecular complexity index is 638. The third-order valence-corrected chi connectivity index (χ3v) is 3.99. The van der Waals surface area contributed by atoms with Crippen LogP contribution in [0.5, 0.6) is 0 Å². The van der Waals surface area contributed by atoms with Gasteiger partial charge < -0.3 is 10.2 Å². The molecule has 1 heterocycles. The molecule has 0 aliphatic carbocycles. The molecule has 0 unspecified atom stereocenters. The Balaban J connectivity index is 2.02. The molecule has 4 nitrogen and oxygen atoms in total. The van der Waals surface area contributed by atoms with Crippen LogP contribution in [-0.4, -0.2) is 26.8 Å². The molecular formula is C15H19ClN4S. The first-order chi connectivity index (χ1) is 10.0. The molecular weight excluding hydrogens is 304 g/mol. The number of hydrogen-bond acceptors (Lipinski definition) is 2. The number of thiocarbonyl (C=S) groups is 1. The summed E-state index contributed by atoms with van der Waals surface area (Å²) in [6, 6.07) is 7.56. The number of para-hydroxylation sites is 1. The normalized spacial score (nSPS) is 10.5. The Morgan fingerprint density at radius 2 is 2.14 bits per heavy atom. The van der Waals surface area contributed by atoms with Gasteiger partial charge in [0, 0.05) is 31.9 Å². The zero-order valence-electron chi connectivity index (χ0n) is 12.4. The van der Waals surface area contributed by atoms with Crippen LogP contribution < -0.4 is 5.32 Å². The molecule has 1 N–H and O–H groups in total. The summed E-state index contributed by atoms with van der Waals surface area (Å²) < 4.78 is 1.93. The van der Waals surface area contributed by atoms with E-state index in [4.69, 9.17) is 23.8 Å². The van der Waals surface area contributed by atoms with Gasteiger partial charge in [0.2, 0.25) is 0 Å². The van der Waals surface area contributed by atoms with Crippen LogP contribution in [0.15, 0.2) is 30.5 Å². The molecule has 1 aromatic heterocycles. The van der Waals surface area contributed by atoms with Crippen molar-refractivity contribution in [1.29, 1.82) is 0 Å². The average Bonchev–Trinajstić information content (AvgIpc) is 2.82. The maximum absolute atomic E-state index is 6.13. The molecule has 2 rings (SSSR count). The first-order valence-corrected chi connectivity index (χ1v) is 7.59. The molecule has 1 aromatic carbocycles. The molecule has 112 valence electrons. The lowest BCUT2D eigenvalue weighted by atomic mass is 10.2. The van der Waals surface area contributed by atoms with Crippen molar-refractivity contribution in [2.75, 3.05) is 12.4 Å². The van der Waals surface area contributed by atoms with Crippen molar-refractivity contribution in [3.8, 4) is 0 Å². The Morgan fingerprint density at radius 3 is 2.76 bits per heavy atom. The molecule has 21 heavy (non-hydrogen) atoms. The molecule has 2 aromatic rings. The highest BCUT2D eigenvalue weighted by molar-refractivity contribution is 7.80. The van der Waals surface area contributed by atoms with Crippen molar-refractivity contribution < 1.29 is 0 Å². The fourth-order valence-electron chi connectivity index (χ4n) is 1.98. The summed E-state index contributed by atoms with van der Waals surface area (Å²) in [6.07, 6.45) is 2.06. The van der Waals surface area contributed by atoms with E-state index in [1.54, 1.807) is 0 Å². The summed E-state index contributed by atoms with van der Waals surface area (Å²) in [6.45, 7) is 5.67. The smallest absolute Gasteiger partial charge is 0.173 e. The lowest BCUT2D eigenvalue weighted by Crippen LogP contribution is -2.30. The van der Waals surface area contributed by atoms with E-state index in [0.29, 0.717) is 16.7 Å². The van der Waals surface area contributed by atoms with E-state index in [1.807, 2.05) is 47.8 Å². The molecule has 0 radical (unpaired) electrons. The molecule has 0 saturated heterocycles. The van der Waals surface area contributed by atoms with Gasteiger partial charge >= 0.3 is 0 Å². The van der Waals surface area contributed by atoms with E-state index >= 15 is 0 Å². The van der Waals surface area contributed by atoms with Crippen LogP contribution in [0.3, 0.4) is 0 Å². The summed E-state index contributed by atoms with van der Waals surface area (Å²) in [5, 5.41) is 8.90. The van der Waals surface area contributed by atoms with Crippen molar-refractivity contribution in [1.82, 2.24) is 14.7 Å². The fraction of sp³-hybridized carbons (Fsp3) is 0.333. The third-order valence-electron chi connectivity index (χ3n) is 3.24. The van der Waals surface area contributed by atoms with Gasteiger partial charge in [0.15, 0.2) is 5.11 Å². The van der Waals surface area contributed by atoms with Gasteiger partial charge in [-0.3, -0.25) is 4.68 Å². The van der Waals surface area contributed by atoms with Gasteiger partial charge in [-0.15, -0.1) is 0 Å². The minimum Gasteiger partial charge on any atom is -0.348 e. The summed E-state index contributed by atoms with van der Waals surface area (Å²) in [5.41, 5.74) is 3.02. The summed E-state index contributed by atoms with van der Waals surface area (Å²) in [4.78, 5) is 1.97. The molecule has 0 amide bonds. The number of nitrogens with one attached hydrogen (secondary N) is 1. The molecule has 0 fully saturated rings. The standard InChI is InChI=1S/C15H19ClN4S/c1-4-20-10-12(11(2)18-20)9-19(3)15(21)17-14-8-6-5-7-13(14)16/h5-8,10H,4,9H2,1-3H3,(H,17,21). The molecule has 0 spiro atoms. The van der Waals surface area contributed by atoms with Crippen molar-refractivity contribution in [2.45, 2.75) is 26.9 Å². The second-order valence-electron chi connectivity index (χ2n) is 4.86. The van der Waals surface area contributed by atoms with Crippen LogP contribution >= 0.6 is 23.8 Å². The first-order valence-electron chi connectivity index (χ1n) is 6.80. The Labute approximate surface area is 135 Å². The Morgan fingerprint density at radius 1 is 1.43 bits per heavy atom. The van der Waals surface area contributed by atoms with E-state index in [0.717, 1.165) is 17.9 Å². The lowest BCUT2D eigenvalue weighted by molar-refractivity contribution is 0.506. The topological polar surface area (TPSA) is 33.1 Å². The van der Waals surface area contributed by atoms with Crippen LogP contribution in [0.25, 0.3) is 0 Å². The van der Waals surface area contributed by atoms with Crippen LogP contribution in [0, 0.1) is 6.92 Å². The zero-order valence-corrected chi connectivity index (χ0v) is 14.0. The predicted octanol–water partition coefficient (Wildman–Crippen LogP) is 3.69. The molecule has 0 saturated carbocycles. The fourth-order valence-corrected chi connectivity index (χ4v) is 2.33. The number of anilines is 1. The number of aromatic nitrogens is 2. The van der Waals surface area contributed by atoms with Gasteiger partial charge in [-0.05, 0) is 38.2 Å². The van der Waals surface area contributed by atoms with E-state index in [-0.39, 0.29) is 0 Å². The van der Waals surface area contributed by atoms with Crippen molar-refractivity contribution in [2.24, 2.45) is 0 Å². The third kappa shape index (κ3) is 3.95. The van der Waals surface area contributed by atoms with Gasteiger partial charge in [0.25, 0.3) is 0 Å². The van der Waals surface area contributed by atoms with Gasteiger partial charge in [0.05, 0.1) is 16.4 Å². The first kappa shape index (κ1) is 15.8. The highest BCUT2D eigenvalue weighted by Gasteiger charge is 2.11. The largest absolute Gasteiger partial charge is 0.348 e. The van der Waals surface area contributed by atoms with Crippen LogP contribution in [-0.2, 0) is 13.1 Å². The van der Waals surface area contributed by atoms with Crippen LogP contribution in [0.1, 0.15) is 18.2 Å². The number of aryl methyl sites for hydroxylation is 2. The minimum atomic E-state index is 0.631. The molecule has 0 bridgehead atoms. The Kier molecular flexibility index (Phi) is 5.20. The minimum absolute atomic E-state index is 0.631. The average molecular weight is 323 g/mol. The molecule has 6 heteroatoms. The second kappa shape index (κ2) is 6.91. The lowest BCUT2D eigenvalue weighted by Gasteiger charge is -2.21. The number of nitrogens with zero attached hydrogens (tertiary/aromatic N) is 3. The summed E-state index contributed by atoms with van der Waals surface area (Å²) in [5.74, 6) is 0. The number of halogens is 1. The van der Waals surface area contributed by atoms with Crippen molar-refractivity contribution in [3.63, 3.8) is 0 Å². The molecule has 0 aliphatic heterocycles. The molecule has 0 aliphatic rings. The number of hydrogen-bond donors (Lipinski definition) is 1. The van der Waals surface area contributed by atoms with Crippen molar-refractivity contribution >= 4 is 34.6 Å². The highest BCUT2D eigenvalue weighted by Crippen LogP contribution is 2.21. The highest BCUT2D eigenvalue weighted by atomic mass is 35.5. The van der Waals surface area contributed by atoms with Gasteiger partial charge in [-0.1, -0.05) is 23.7 Å². The van der Waals surface area contributed by atoms with E-state index in [9.17, 15) is 0 Å². The SMILES string of the molecule is CCn1cc(CN(C)C(=S)Nc2ccccc2Cl)c(C)n1. The number of rotatable bonds is 4. The maximum Gasteiger partial charge on any atom is 0.173 e. The quantitative estimate of drug-likeness (QED) is 0.870. The molecule has 0 atom stereocenters. The van der Waals surface area contributed by atoms with Crippen LogP contribution in [0.2, 0.25) is 5.02 Å². The second-order valence-corrected chi connectivity index (χ2v) is 5.66. The van der Waals surface area contributed by atoms with Crippen molar-refractivity contribution in [3.05, 3.63) is 46.7 Å². The van der Waals surface area contributed by atoms with Gasteiger partial charge in [0.1, 0.15) is 0 Å². The van der Waals surface area contributed by atoms with E-state index in [1.165, 1.54) is 5.56 Å². The van der Waals surface area contributed by atoms with Gasteiger partial charge in [-0.25, -0.2) is 0 Å². The summed E-state index contributed by atoms with van der Waals surface area (Å²) in [7, 11) is 1.95.